The van der Waals surface area contributed by atoms with Gasteiger partial charge < -0.3 is 13.7 Å². The molecule has 2 aromatic rings. The molecule has 0 aliphatic carbocycles. The smallest absolute Gasteiger partial charge is 0.373 e. The highest BCUT2D eigenvalue weighted by atomic mass is 32.2. The molecule has 0 unspecified atom stereocenters. The van der Waals surface area contributed by atoms with E-state index in [1.165, 1.54) is 13.2 Å². The van der Waals surface area contributed by atoms with Crippen LogP contribution in [0.2, 0.25) is 0 Å². The number of aryl methyl sites for hydroxylation is 3. The van der Waals surface area contributed by atoms with E-state index < -0.39 is 16.0 Å². The molecule has 2 aromatic heterocycles. The van der Waals surface area contributed by atoms with Crippen molar-refractivity contribution in [3.8, 4) is 0 Å². The third kappa shape index (κ3) is 4.52. The Balaban J connectivity index is 2.11. The van der Waals surface area contributed by atoms with Crippen molar-refractivity contribution in [1.29, 1.82) is 0 Å². The van der Waals surface area contributed by atoms with Gasteiger partial charge in [0.15, 0.2) is 0 Å². The highest BCUT2D eigenvalue weighted by Crippen LogP contribution is 2.22. The number of esters is 1. The zero-order valence-corrected chi connectivity index (χ0v) is 15.7. The molecule has 0 saturated heterocycles. The van der Waals surface area contributed by atoms with Crippen LogP contribution >= 0.6 is 0 Å². The van der Waals surface area contributed by atoms with E-state index in [0.717, 1.165) is 12.1 Å². The molecule has 0 amide bonds. The summed E-state index contributed by atoms with van der Waals surface area (Å²) in [7, 11) is -0.610. The molecule has 0 spiro atoms. The second-order valence-electron chi connectivity index (χ2n) is 5.91. The van der Waals surface area contributed by atoms with E-state index >= 15 is 0 Å². The molecule has 0 saturated carbocycles. The highest BCUT2D eigenvalue weighted by molar-refractivity contribution is 7.89. The summed E-state index contributed by atoms with van der Waals surface area (Å²) in [5.74, 6) is -0.577. The van der Waals surface area contributed by atoms with Crippen LogP contribution < -0.4 is 4.72 Å². The molecule has 1 atom stereocenters. The number of furan rings is 1. The van der Waals surface area contributed by atoms with Gasteiger partial charge in [-0.2, -0.15) is 0 Å². The average Bonchev–Trinajstić information content (AvgIpc) is 3.18. The van der Waals surface area contributed by atoms with Crippen LogP contribution in [0.1, 0.15) is 42.3 Å². The fourth-order valence-electron chi connectivity index (χ4n) is 2.59. The van der Waals surface area contributed by atoms with E-state index in [4.69, 9.17) is 4.42 Å². The Kier molecular flexibility index (Phi) is 6.07. The molecule has 0 aliphatic heterocycles. The largest absolute Gasteiger partial charge is 0.463 e. The molecule has 0 aromatic carbocycles. The Morgan fingerprint density at radius 3 is 2.72 bits per heavy atom. The quantitative estimate of drug-likeness (QED) is 0.722. The van der Waals surface area contributed by atoms with Gasteiger partial charge in [0, 0.05) is 37.5 Å². The number of carbonyl (C=O) groups excluding carboxylic acids is 1. The monoisotopic (exact) mass is 368 g/mol. The highest BCUT2D eigenvalue weighted by Gasteiger charge is 2.26. The number of sulfonamides is 1. The number of aromatic nitrogens is 1. The van der Waals surface area contributed by atoms with Crippen LogP contribution in [-0.2, 0) is 34.6 Å². The summed E-state index contributed by atoms with van der Waals surface area (Å²) in [4.78, 5) is 11.6. The first-order chi connectivity index (χ1) is 11.8. The summed E-state index contributed by atoms with van der Waals surface area (Å²) in [6, 6.07) is 4.92. The van der Waals surface area contributed by atoms with E-state index in [1.54, 1.807) is 6.92 Å². The molecule has 0 radical (unpaired) electrons. The summed E-state index contributed by atoms with van der Waals surface area (Å²) in [6.45, 7) is 3.57. The second kappa shape index (κ2) is 7.88. The lowest BCUT2D eigenvalue weighted by Crippen LogP contribution is -2.33. The number of rotatable bonds is 8. The van der Waals surface area contributed by atoms with Gasteiger partial charge in [-0.05, 0) is 31.9 Å². The van der Waals surface area contributed by atoms with Crippen LogP contribution in [0.15, 0.2) is 33.7 Å². The number of hydrogen-bond donors (Lipinski definition) is 1. The summed E-state index contributed by atoms with van der Waals surface area (Å²) in [5, 5.41) is 0. The maximum atomic E-state index is 12.6. The van der Waals surface area contributed by atoms with Crippen molar-refractivity contribution in [1.82, 2.24) is 9.29 Å². The molecule has 7 nitrogen and oxygen atoms in total. The Bertz CT molecular complexity index is 835. The van der Waals surface area contributed by atoms with Crippen molar-refractivity contribution in [2.45, 2.75) is 44.0 Å². The van der Waals surface area contributed by atoms with Crippen LogP contribution in [-0.4, -0.2) is 32.1 Å². The van der Waals surface area contributed by atoms with Crippen LogP contribution in [0.3, 0.4) is 0 Å². The molecule has 0 aliphatic rings. The summed E-state index contributed by atoms with van der Waals surface area (Å²) in [5.41, 5.74) is 1.14. The molecule has 0 bridgehead atoms. The fourth-order valence-corrected chi connectivity index (χ4v) is 4.12. The first kappa shape index (κ1) is 19.3. The lowest BCUT2D eigenvalue weighted by molar-refractivity contribution is 0.0563. The third-order valence-corrected chi connectivity index (χ3v) is 5.65. The maximum absolute atomic E-state index is 12.6. The van der Waals surface area contributed by atoms with E-state index in [0.29, 0.717) is 12.8 Å². The van der Waals surface area contributed by atoms with Gasteiger partial charge in [-0.25, -0.2) is 17.9 Å². The van der Waals surface area contributed by atoms with Gasteiger partial charge >= 0.3 is 5.97 Å². The predicted molar refractivity (Wildman–Crippen MR) is 92.9 cm³/mol. The van der Waals surface area contributed by atoms with Crippen molar-refractivity contribution in [3.05, 3.63) is 41.6 Å². The van der Waals surface area contributed by atoms with Crippen molar-refractivity contribution in [3.63, 3.8) is 0 Å². The van der Waals surface area contributed by atoms with Gasteiger partial charge in [0.05, 0.1) is 7.11 Å². The minimum atomic E-state index is -3.78. The van der Waals surface area contributed by atoms with Crippen molar-refractivity contribution >= 4 is 16.0 Å². The fraction of sp³-hybridized carbons (Fsp3) is 0.471. The molecular formula is C17H24N2O5S. The Hall–Kier alpha value is -2.06. The second-order valence-corrected chi connectivity index (χ2v) is 7.60. The van der Waals surface area contributed by atoms with Gasteiger partial charge in [-0.15, -0.1) is 0 Å². The molecule has 138 valence electrons. The summed E-state index contributed by atoms with van der Waals surface area (Å²) < 4.78 is 39.9. The zero-order chi connectivity index (χ0) is 18.6. The Morgan fingerprint density at radius 2 is 2.16 bits per heavy atom. The van der Waals surface area contributed by atoms with Gasteiger partial charge in [0.25, 0.3) is 0 Å². The number of ether oxygens (including phenoxy) is 1. The van der Waals surface area contributed by atoms with Crippen molar-refractivity contribution in [2.75, 3.05) is 7.11 Å². The summed E-state index contributed by atoms with van der Waals surface area (Å²) >= 11 is 0. The average molecular weight is 368 g/mol. The molecule has 2 heterocycles. The standard InChI is InChI=1S/C17H24N2O5S/c1-5-14-16(11-15(24-14)17(20)23-4)25(21,22)18-12(2)8-9-13-7-6-10-19(13)3/h6-7,10-12,18H,5,8-9H2,1-4H3/t12-/m0/s1. The number of nitrogens with one attached hydrogen (secondary N) is 1. The van der Waals surface area contributed by atoms with E-state index in [9.17, 15) is 13.2 Å². The lowest BCUT2D eigenvalue weighted by atomic mass is 10.1. The SMILES string of the molecule is CCc1oc(C(=O)OC)cc1S(=O)(=O)N[C@@H](C)CCc1cccn1C. The molecule has 25 heavy (non-hydrogen) atoms. The minimum absolute atomic E-state index is 0.0129. The van der Waals surface area contributed by atoms with Crippen LogP contribution in [0, 0.1) is 0 Å². The van der Waals surface area contributed by atoms with E-state index in [1.807, 2.05) is 36.9 Å². The van der Waals surface area contributed by atoms with Crippen LogP contribution in [0.25, 0.3) is 0 Å². The van der Waals surface area contributed by atoms with E-state index in [-0.39, 0.29) is 22.5 Å². The van der Waals surface area contributed by atoms with Crippen molar-refractivity contribution in [2.24, 2.45) is 7.05 Å². The normalized spacial score (nSPS) is 13.0. The topological polar surface area (TPSA) is 90.5 Å². The Morgan fingerprint density at radius 1 is 1.44 bits per heavy atom. The number of nitrogens with zero attached hydrogens (tertiary/aromatic N) is 1. The third-order valence-electron chi connectivity index (χ3n) is 4.01. The first-order valence-corrected chi connectivity index (χ1v) is 9.60. The van der Waals surface area contributed by atoms with Crippen LogP contribution in [0.5, 0.6) is 0 Å². The molecule has 8 heteroatoms. The predicted octanol–water partition coefficient (Wildman–Crippen LogP) is 2.27. The zero-order valence-electron chi connectivity index (χ0n) is 14.9. The van der Waals surface area contributed by atoms with Crippen molar-refractivity contribution < 1.29 is 22.4 Å². The van der Waals surface area contributed by atoms with E-state index in [2.05, 4.69) is 9.46 Å². The van der Waals surface area contributed by atoms with Gasteiger partial charge in [-0.3, -0.25) is 0 Å². The number of methoxy groups -OCH3 is 1. The summed E-state index contributed by atoms with van der Waals surface area (Å²) in [6.07, 6.45) is 3.72. The minimum Gasteiger partial charge on any atom is -0.463 e. The lowest BCUT2D eigenvalue weighted by Gasteiger charge is -2.14. The Labute approximate surface area is 148 Å². The van der Waals surface area contributed by atoms with Crippen LogP contribution in [0.4, 0.5) is 0 Å². The number of carbonyl (C=O) groups is 1. The molecule has 0 fully saturated rings. The van der Waals surface area contributed by atoms with Gasteiger partial charge in [0.2, 0.25) is 15.8 Å². The van der Waals surface area contributed by atoms with Gasteiger partial charge in [-0.1, -0.05) is 6.92 Å². The molecule has 1 N–H and O–H groups in total. The molecular weight excluding hydrogens is 344 g/mol. The molecule has 2 rings (SSSR count). The number of hydrogen-bond acceptors (Lipinski definition) is 5. The maximum Gasteiger partial charge on any atom is 0.373 e. The van der Waals surface area contributed by atoms with Gasteiger partial charge in [0.1, 0.15) is 10.7 Å². The first-order valence-electron chi connectivity index (χ1n) is 8.12.